The van der Waals surface area contributed by atoms with E-state index in [0.717, 1.165) is 19.5 Å². The molecule has 0 saturated carbocycles. The molecule has 134 valence electrons. The number of hydrogen-bond acceptors (Lipinski definition) is 4. The van der Waals surface area contributed by atoms with Crippen molar-refractivity contribution in [1.82, 2.24) is 0 Å². The highest BCUT2D eigenvalue weighted by molar-refractivity contribution is 7.15. The molecule has 0 saturated heterocycles. The van der Waals surface area contributed by atoms with Crippen LogP contribution in [0, 0.1) is 27.7 Å². The highest BCUT2D eigenvalue weighted by atomic mass is 32.1. The number of hydrogen-bond donors (Lipinski definition) is 2. The lowest BCUT2D eigenvalue weighted by Gasteiger charge is -2.19. The Kier molecular flexibility index (Phi) is 4.73. The second-order valence-electron chi connectivity index (χ2n) is 6.18. The summed E-state index contributed by atoms with van der Waals surface area (Å²) in [6, 6.07) is 7.54. The van der Waals surface area contributed by atoms with E-state index in [1.165, 1.54) is 22.7 Å². The normalized spacial score (nSPS) is 10.9. The van der Waals surface area contributed by atoms with Gasteiger partial charge in [0.2, 0.25) is 0 Å². The van der Waals surface area contributed by atoms with E-state index in [0.29, 0.717) is 22.3 Å². The first-order valence-corrected chi connectivity index (χ1v) is 9.63. The van der Waals surface area contributed by atoms with Crippen LogP contribution in [0.5, 0.6) is 0 Å². The summed E-state index contributed by atoms with van der Waals surface area (Å²) < 4.78 is 0. The highest BCUT2D eigenvalue weighted by Crippen LogP contribution is 2.43. The Labute approximate surface area is 159 Å². The van der Waals surface area contributed by atoms with Crippen LogP contribution in [0.2, 0.25) is 0 Å². The van der Waals surface area contributed by atoms with Crippen molar-refractivity contribution < 1.29 is 19.8 Å². The molecule has 3 aromatic rings. The van der Waals surface area contributed by atoms with E-state index in [1.807, 2.05) is 38.1 Å². The van der Waals surface area contributed by atoms with Crippen LogP contribution < -0.4 is 0 Å². The molecule has 2 N–H and O–H groups in total. The monoisotopic (exact) mass is 386 g/mol. The molecule has 0 amide bonds. The van der Waals surface area contributed by atoms with Gasteiger partial charge in [0.15, 0.2) is 0 Å². The van der Waals surface area contributed by atoms with Crippen molar-refractivity contribution in [2.24, 2.45) is 0 Å². The molecule has 0 aliphatic heterocycles. The quantitative estimate of drug-likeness (QED) is 0.596. The molecule has 0 atom stereocenters. The Morgan fingerprint density at radius 3 is 1.27 bits per heavy atom. The summed E-state index contributed by atoms with van der Waals surface area (Å²) in [5.41, 5.74) is 2.34. The second-order valence-corrected chi connectivity index (χ2v) is 8.76. The topological polar surface area (TPSA) is 74.6 Å². The maximum absolute atomic E-state index is 12.1. The van der Waals surface area contributed by atoms with Gasteiger partial charge in [-0.2, -0.15) is 0 Å². The molecule has 3 rings (SSSR count). The number of thiophene rings is 2. The summed E-state index contributed by atoms with van der Waals surface area (Å²) in [7, 11) is 0. The number of aryl methyl sites for hydroxylation is 2. The smallest absolute Gasteiger partial charge is 0.336 e. The van der Waals surface area contributed by atoms with Gasteiger partial charge in [0, 0.05) is 30.6 Å². The molecular weight excluding hydrogens is 368 g/mol. The molecule has 0 unspecified atom stereocenters. The van der Waals surface area contributed by atoms with Crippen molar-refractivity contribution in [3.05, 3.63) is 56.3 Å². The Morgan fingerprint density at radius 1 is 0.692 bits per heavy atom. The third kappa shape index (κ3) is 2.95. The third-order valence-corrected chi connectivity index (χ3v) is 6.44. The minimum Gasteiger partial charge on any atom is -0.478 e. The minimum absolute atomic E-state index is 0.176. The van der Waals surface area contributed by atoms with Crippen molar-refractivity contribution in [2.45, 2.75) is 27.7 Å². The first kappa shape index (κ1) is 18.4. The van der Waals surface area contributed by atoms with Crippen molar-refractivity contribution in [2.75, 3.05) is 0 Å². The fraction of sp³-hybridized carbons (Fsp3) is 0.200. The van der Waals surface area contributed by atoms with Crippen molar-refractivity contribution in [3.8, 4) is 20.9 Å². The van der Waals surface area contributed by atoms with E-state index in [2.05, 4.69) is 0 Å². The molecule has 0 bridgehead atoms. The largest absolute Gasteiger partial charge is 0.478 e. The van der Waals surface area contributed by atoms with Crippen LogP contribution in [-0.2, 0) is 0 Å². The van der Waals surface area contributed by atoms with E-state index >= 15 is 0 Å². The molecule has 1 aromatic carbocycles. The second kappa shape index (κ2) is 6.70. The maximum Gasteiger partial charge on any atom is 0.336 e. The van der Waals surface area contributed by atoms with Gasteiger partial charge in [-0.15, -0.1) is 22.7 Å². The van der Waals surface area contributed by atoms with Gasteiger partial charge in [0.25, 0.3) is 0 Å². The van der Waals surface area contributed by atoms with Crippen LogP contribution in [0.1, 0.15) is 41.6 Å². The molecular formula is C20H18O4S2. The van der Waals surface area contributed by atoms with Gasteiger partial charge < -0.3 is 10.2 Å². The van der Waals surface area contributed by atoms with Gasteiger partial charge >= 0.3 is 11.9 Å². The number of benzene rings is 1. The van der Waals surface area contributed by atoms with Crippen LogP contribution in [0.25, 0.3) is 20.9 Å². The first-order chi connectivity index (χ1) is 12.2. The van der Waals surface area contributed by atoms with Gasteiger partial charge in [0.05, 0.1) is 11.1 Å². The first-order valence-electron chi connectivity index (χ1n) is 7.99. The molecule has 26 heavy (non-hydrogen) atoms. The van der Waals surface area contributed by atoms with Crippen LogP contribution in [0.15, 0.2) is 24.3 Å². The summed E-state index contributed by atoms with van der Waals surface area (Å²) in [4.78, 5) is 27.9. The van der Waals surface area contributed by atoms with E-state index in [1.54, 1.807) is 13.8 Å². The van der Waals surface area contributed by atoms with Gasteiger partial charge in [-0.25, -0.2) is 9.59 Å². The molecule has 0 aliphatic rings. The number of carboxylic acids is 2. The summed E-state index contributed by atoms with van der Waals surface area (Å²) >= 11 is 2.94. The zero-order chi connectivity index (χ0) is 19.2. The summed E-state index contributed by atoms with van der Waals surface area (Å²) in [6.45, 7) is 7.28. The van der Waals surface area contributed by atoms with E-state index < -0.39 is 11.9 Å². The van der Waals surface area contributed by atoms with Gasteiger partial charge in [-0.3, -0.25) is 0 Å². The molecule has 0 radical (unpaired) electrons. The average Bonchev–Trinajstić information content (AvgIpc) is 3.16. The van der Waals surface area contributed by atoms with Crippen LogP contribution in [-0.4, -0.2) is 22.2 Å². The van der Waals surface area contributed by atoms with Crippen LogP contribution in [0.4, 0.5) is 0 Å². The fourth-order valence-electron chi connectivity index (χ4n) is 3.29. The number of carbonyl (C=O) groups is 2. The number of aromatic carboxylic acids is 2. The molecule has 0 fully saturated rings. The van der Waals surface area contributed by atoms with E-state index in [-0.39, 0.29) is 11.1 Å². The van der Waals surface area contributed by atoms with Crippen LogP contribution in [0.3, 0.4) is 0 Å². The predicted molar refractivity (Wildman–Crippen MR) is 106 cm³/mol. The van der Waals surface area contributed by atoms with Crippen molar-refractivity contribution in [3.63, 3.8) is 0 Å². The SMILES string of the molecule is Cc1ccc(-c2c(C)c(C(=O)O)c(-c3ccc(C)s3)c(C)c2C(=O)O)s1. The maximum atomic E-state index is 12.1. The van der Waals surface area contributed by atoms with Crippen molar-refractivity contribution in [1.29, 1.82) is 0 Å². The molecule has 6 heteroatoms. The van der Waals surface area contributed by atoms with Crippen LogP contribution >= 0.6 is 22.7 Å². The Hall–Kier alpha value is -2.44. The van der Waals surface area contributed by atoms with Gasteiger partial charge in [-0.1, -0.05) is 0 Å². The summed E-state index contributed by atoms with van der Waals surface area (Å²) in [5.74, 6) is -2.09. The fourth-order valence-corrected chi connectivity index (χ4v) is 5.24. The lowest BCUT2D eigenvalue weighted by Crippen LogP contribution is -2.12. The number of carboxylic acid groups (broad SMARTS) is 2. The lowest BCUT2D eigenvalue weighted by molar-refractivity contribution is 0.0681. The standard InChI is InChI=1S/C20H18O4S2/c1-9-5-7-13(25-9)15-11(3)18(20(23)24)16(12(4)17(15)19(21)22)14-8-6-10(2)26-14/h5-8H,1-4H3,(H,21,22)(H,23,24). The molecule has 2 heterocycles. The predicted octanol–water partition coefficient (Wildman–Crippen LogP) is 5.77. The Morgan fingerprint density at radius 2 is 1.04 bits per heavy atom. The van der Waals surface area contributed by atoms with E-state index in [9.17, 15) is 19.8 Å². The van der Waals surface area contributed by atoms with E-state index in [4.69, 9.17) is 0 Å². The average molecular weight is 386 g/mol. The summed E-state index contributed by atoms with van der Waals surface area (Å²) in [6.07, 6.45) is 0. The number of rotatable bonds is 4. The lowest BCUT2D eigenvalue weighted by atomic mass is 9.86. The van der Waals surface area contributed by atoms with Gasteiger partial charge in [0.1, 0.15) is 0 Å². The zero-order valence-electron chi connectivity index (χ0n) is 14.8. The third-order valence-electron chi connectivity index (χ3n) is 4.40. The highest BCUT2D eigenvalue weighted by Gasteiger charge is 2.29. The Balaban J connectivity index is 2.49. The van der Waals surface area contributed by atoms with Gasteiger partial charge in [-0.05, 0) is 63.1 Å². The minimum atomic E-state index is -1.04. The molecule has 0 aliphatic carbocycles. The summed E-state index contributed by atoms with van der Waals surface area (Å²) in [5, 5.41) is 19.8. The molecule has 4 nitrogen and oxygen atoms in total. The molecule has 2 aromatic heterocycles. The Bertz CT molecular complexity index is 957. The molecule has 0 spiro atoms. The van der Waals surface area contributed by atoms with Crippen molar-refractivity contribution >= 4 is 34.6 Å². The zero-order valence-corrected chi connectivity index (χ0v) is 16.5.